The van der Waals surface area contributed by atoms with Gasteiger partial charge in [0.25, 0.3) is 0 Å². The molecule has 2 N–H and O–H groups in total. The number of hydrogen-bond acceptors (Lipinski definition) is 5. The van der Waals surface area contributed by atoms with Gasteiger partial charge < -0.3 is 20.1 Å². The van der Waals surface area contributed by atoms with Gasteiger partial charge in [0.2, 0.25) is 5.91 Å². The van der Waals surface area contributed by atoms with Crippen LogP contribution in [0.15, 0.2) is 18.2 Å². The van der Waals surface area contributed by atoms with Gasteiger partial charge in [-0.1, -0.05) is 12.1 Å². The highest BCUT2D eigenvalue weighted by molar-refractivity contribution is 7.99. The highest BCUT2D eigenvalue weighted by atomic mass is 35.5. The lowest BCUT2D eigenvalue weighted by atomic mass is 10.1. The second-order valence-corrected chi connectivity index (χ2v) is 7.57. The molecule has 2 heterocycles. The van der Waals surface area contributed by atoms with Crippen LogP contribution in [0.4, 0.5) is 0 Å². The zero-order valence-electron chi connectivity index (χ0n) is 14.6. The smallest absolute Gasteiger partial charge is 0.221 e. The second-order valence-electron chi connectivity index (χ2n) is 6.42. The zero-order chi connectivity index (χ0) is 16.8. The Hall–Kier alpha value is -0.950. The maximum Gasteiger partial charge on any atom is 0.221 e. The molecule has 0 spiro atoms. The van der Waals surface area contributed by atoms with E-state index in [1.54, 1.807) is 0 Å². The van der Waals surface area contributed by atoms with E-state index in [0.717, 1.165) is 48.0 Å². The summed E-state index contributed by atoms with van der Waals surface area (Å²) in [5.74, 6) is 3.09. The first-order valence-corrected chi connectivity index (χ1v) is 9.78. The molecule has 25 heavy (non-hydrogen) atoms. The van der Waals surface area contributed by atoms with E-state index in [1.165, 1.54) is 0 Å². The molecule has 1 amide bonds. The fraction of sp³-hybridized carbons (Fsp3) is 0.611. The third-order valence-electron chi connectivity index (χ3n) is 4.31. The Kier molecular flexibility index (Phi) is 8.36. The highest BCUT2D eigenvalue weighted by Crippen LogP contribution is 2.24. The van der Waals surface area contributed by atoms with Crippen molar-refractivity contribution in [2.45, 2.75) is 38.5 Å². The number of nitrogens with one attached hydrogen (secondary N) is 2. The quantitative estimate of drug-likeness (QED) is 0.785. The summed E-state index contributed by atoms with van der Waals surface area (Å²) in [7, 11) is 0. The van der Waals surface area contributed by atoms with Crippen LogP contribution in [-0.2, 0) is 16.1 Å². The van der Waals surface area contributed by atoms with Crippen LogP contribution in [0.3, 0.4) is 0 Å². The number of carbonyl (C=O) groups excluding carboxylic acids is 1. The number of hydrogen-bond donors (Lipinski definition) is 2. The Morgan fingerprint density at radius 3 is 3.08 bits per heavy atom. The lowest BCUT2D eigenvalue weighted by molar-refractivity contribution is -0.121. The van der Waals surface area contributed by atoms with Gasteiger partial charge in [-0.05, 0) is 18.6 Å². The van der Waals surface area contributed by atoms with Gasteiger partial charge in [0.1, 0.15) is 11.9 Å². The number of carbonyl (C=O) groups is 1. The predicted octanol–water partition coefficient (Wildman–Crippen LogP) is 2.30. The van der Waals surface area contributed by atoms with Gasteiger partial charge >= 0.3 is 0 Å². The summed E-state index contributed by atoms with van der Waals surface area (Å²) in [6.07, 6.45) is 1.57. The van der Waals surface area contributed by atoms with E-state index in [4.69, 9.17) is 9.47 Å². The molecule has 2 unspecified atom stereocenters. The van der Waals surface area contributed by atoms with Crippen LogP contribution in [-0.4, -0.2) is 49.3 Å². The summed E-state index contributed by atoms with van der Waals surface area (Å²) in [5.41, 5.74) is 2.18. The molecular weight excluding hydrogens is 360 g/mol. The van der Waals surface area contributed by atoms with Gasteiger partial charge in [-0.25, -0.2) is 0 Å². The van der Waals surface area contributed by atoms with Gasteiger partial charge in [0.05, 0.1) is 13.2 Å². The molecule has 0 aromatic heterocycles. The van der Waals surface area contributed by atoms with Crippen LogP contribution in [0.5, 0.6) is 5.75 Å². The number of halogens is 1. The van der Waals surface area contributed by atoms with Crippen molar-refractivity contribution in [1.82, 2.24) is 10.6 Å². The summed E-state index contributed by atoms with van der Waals surface area (Å²) < 4.78 is 11.5. The topological polar surface area (TPSA) is 59.6 Å². The van der Waals surface area contributed by atoms with E-state index < -0.39 is 0 Å². The minimum Gasteiger partial charge on any atom is -0.488 e. The first kappa shape index (κ1) is 20.4. The van der Waals surface area contributed by atoms with Gasteiger partial charge in [0, 0.05) is 49.0 Å². The van der Waals surface area contributed by atoms with Crippen molar-refractivity contribution >= 4 is 30.1 Å². The van der Waals surface area contributed by atoms with Gasteiger partial charge in [-0.15, -0.1) is 12.4 Å². The van der Waals surface area contributed by atoms with Crippen LogP contribution in [0, 0.1) is 6.92 Å². The molecule has 5 nitrogen and oxygen atoms in total. The summed E-state index contributed by atoms with van der Waals surface area (Å²) in [4.78, 5) is 12.2. The van der Waals surface area contributed by atoms with E-state index in [0.29, 0.717) is 19.6 Å². The Morgan fingerprint density at radius 2 is 2.36 bits per heavy atom. The first-order valence-electron chi connectivity index (χ1n) is 8.62. The van der Waals surface area contributed by atoms with Crippen molar-refractivity contribution in [1.29, 1.82) is 0 Å². The van der Waals surface area contributed by atoms with Crippen LogP contribution < -0.4 is 15.4 Å². The van der Waals surface area contributed by atoms with E-state index in [2.05, 4.69) is 16.7 Å². The molecule has 2 aliphatic rings. The lowest BCUT2D eigenvalue weighted by Gasteiger charge is -2.22. The van der Waals surface area contributed by atoms with Crippen LogP contribution in [0.2, 0.25) is 0 Å². The summed E-state index contributed by atoms with van der Waals surface area (Å²) in [5, 5.41) is 6.43. The minimum atomic E-state index is 0. The largest absolute Gasteiger partial charge is 0.488 e. The molecule has 1 aromatic rings. The molecule has 7 heteroatoms. The van der Waals surface area contributed by atoms with E-state index >= 15 is 0 Å². The maximum absolute atomic E-state index is 12.2. The van der Waals surface area contributed by atoms with E-state index in [1.807, 2.05) is 30.8 Å². The van der Waals surface area contributed by atoms with Gasteiger partial charge in [0.15, 0.2) is 0 Å². The highest BCUT2D eigenvalue weighted by Gasteiger charge is 2.20. The Morgan fingerprint density at radius 1 is 1.48 bits per heavy atom. The fourth-order valence-corrected chi connectivity index (χ4v) is 3.89. The number of rotatable bonds is 6. The molecule has 2 fully saturated rings. The standard InChI is InChI=1S/C18H26N2O3S.ClH/c1-13-2-3-14(17(8-13)23-16-4-6-22-11-16)10-20-18(21)9-15-12-24-7-5-19-15;/h2-3,8,15-16,19H,4-7,9-12H2,1H3,(H,20,21);1H. The molecule has 2 atom stereocenters. The molecule has 0 aliphatic carbocycles. The SMILES string of the molecule is Cc1ccc(CNC(=O)CC2CSCCN2)c(OC2CCOC2)c1.Cl. The fourth-order valence-electron chi connectivity index (χ4n) is 2.94. The van der Waals surface area contributed by atoms with Crippen LogP contribution >= 0.6 is 24.2 Å². The number of aryl methyl sites for hydroxylation is 1. The summed E-state index contributed by atoms with van der Waals surface area (Å²) >= 11 is 1.91. The maximum atomic E-state index is 12.2. The normalized spacial score (nSPS) is 22.9. The molecule has 2 saturated heterocycles. The zero-order valence-corrected chi connectivity index (χ0v) is 16.2. The Bertz CT molecular complexity index is 561. The number of thioether (sulfide) groups is 1. The molecule has 1 aromatic carbocycles. The Balaban J connectivity index is 0.00000225. The molecule has 0 radical (unpaired) electrons. The van der Waals surface area contributed by atoms with Crippen molar-refractivity contribution in [3.05, 3.63) is 29.3 Å². The summed E-state index contributed by atoms with van der Waals surface area (Å²) in [6.45, 7) is 4.94. The van der Waals surface area contributed by atoms with Crippen molar-refractivity contribution in [3.63, 3.8) is 0 Å². The second kappa shape index (κ2) is 10.3. The average Bonchev–Trinajstić information content (AvgIpc) is 3.08. The third-order valence-corrected chi connectivity index (χ3v) is 5.44. The molecule has 3 rings (SSSR count). The van der Waals surface area contributed by atoms with Gasteiger partial charge in [-0.3, -0.25) is 4.79 Å². The average molecular weight is 387 g/mol. The number of benzene rings is 1. The Labute approximate surface area is 160 Å². The number of amides is 1. The van der Waals surface area contributed by atoms with Crippen molar-refractivity contribution in [2.75, 3.05) is 31.3 Å². The monoisotopic (exact) mass is 386 g/mol. The van der Waals surface area contributed by atoms with Crippen molar-refractivity contribution in [3.8, 4) is 5.75 Å². The van der Waals surface area contributed by atoms with E-state index in [-0.39, 0.29) is 30.5 Å². The van der Waals surface area contributed by atoms with Crippen molar-refractivity contribution in [2.24, 2.45) is 0 Å². The van der Waals surface area contributed by atoms with Gasteiger partial charge in [-0.2, -0.15) is 11.8 Å². The van der Waals surface area contributed by atoms with Crippen molar-refractivity contribution < 1.29 is 14.3 Å². The molecular formula is C18H27ClN2O3S. The molecule has 0 bridgehead atoms. The van der Waals surface area contributed by atoms with Crippen LogP contribution in [0.25, 0.3) is 0 Å². The lowest BCUT2D eigenvalue weighted by Crippen LogP contribution is -2.41. The first-order chi connectivity index (χ1) is 11.7. The third kappa shape index (κ3) is 6.37. The predicted molar refractivity (Wildman–Crippen MR) is 104 cm³/mol. The number of ether oxygens (including phenoxy) is 2. The minimum absolute atomic E-state index is 0. The van der Waals surface area contributed by atoms with Crippen LogP contribution in [0.1, 0.15) is 24.0 Å². The molecule has 2 aliphatic heterocycles. The van der Waals surface area contributed by atoms with E-state index in [9.17, 15) is 4.79 Å². The molecule has 140 valence electrons. The molecule has 0 saturated carbocycles. The summed E-state index contributed by atoms with van der Waals surface area (Å²) in [6, 6.07) is 6.42.